The van der Waals surface area contributed by atoms with E-state index in [2.05, 4.69) is 10.6 Å². The minimum Gasteiger partial charge on any atom is -0.478 e. The Morgan fingerprint density at radius 3 is 2.60 bits per heavy atom. The van der Waals surface area contributed by atoms with Crippen LogP contribution >= 0.6 is 34.5 Å². The Morgan fingerprint density at radius 2 is 1.90 bits per heavy atom. The lowest BCUT2D eigenvalue weighted by molar-refractivity contribution is 0.0698. The van der Waals surface area contributed by atoms with Gasteiger partial charge < -0.3 is 10.4 Å². The predicted molar refractivity (Wildman–Crippen MR) is 80.4 cm³/mol. The van der Waals surface area contributed by atoms with Crippen LogP contribution in [0.1, 0.15) is 10.4 Å². The first-order valence-corrected chi connectivity index (χ1v) is 6.95. The molecule has 104 valence electrons. The highest BCUT2D eigenvalue weighted by atomic mass is 35.5. The molecule has 0 aliphatic rings. The van der Waals surface area contributed by atoms with E-state index in [0.717, 1.165) is 11.3 Å². The highest BCUT2D eigenvalue weighted by Gasteiger charge is 2.14. The van der Waals surface area contributed by atoms with Crippen LogP contribution in [0.3, 0.4) is 0 Å². The van der Waals surface area contributed by atoms with Crippen LogP contribution in [0.25, 0.3) is 0 Å². The summed E-state index contributed by atoms with van der Waals surface area (Å²) < 4.78 is 0. The van der Waals surface area contributed by atoms with Crippen molar-refractivity contribution in [1.29, 1.82) is 0 Å². The van der Waals surface area contributed by atoms with Gasteiger partial charge in [-0.1, -0.05) is 23.2 Å². The zero-order chi connectivity index (χ0) is 14.7. The minimum atomic E-state index is -1.11. The monoisotopic (exact) mass is 330 g/mol. The third-order valence-electron chi connectivity index (χ3n) is 2.30. The number of benzene rings is 1. The third-order valence-corrected chi connectivity index (χ3v) is 3.69. The van der Waals surface area contributed by atoms with Gasteiger partial charge in [-0.3, -0.25) is 5.32 Å². The first-order valence-electron chi connectivity index (χ1n) is 5.31. The Bertz CT molecular complexity index is 672. The summed E-state index contributed by atoms with van der Waals surface area (Å²) in [5, 5.41) is 16.5. The fraction of sp³-hybridized carbons (Fsp3) is 0. The van der Waals surface area contributed by atoms with Crippen LogP contribution in [0.5, 0.6) is 0 Å². The van der Waals surface area contributed by atoms with E-state index in [1.165, 1.54) is 12.1 Å². The second-order valence-electron chi connectivity index (χ2n) is 3.67. The number of carbonyl (C=O) groups excluding carboxylic acids is 1. The lowest BCUT2D eigenvalue weighted by Gasteiger charge is -2.08. The van der Waals surface area contributed by atoms with Crippen LogP contribution in [-0.4, -0.2) is 17.1 Å². The summed E-state index contributed by atoms with van der Waals surface area (Å²) in [6.45, 7) is 0. The van der Waals surface area contributed by atoms with Crippen LogP contribution in [-0.2, 0) is 0 Å². The number of halogens is 2. The molecule has 0 aliphatic carbocycles. The Kier molecular flexibility index (Phi) is 4.49. The molecular formula is C12H8Cl2N2O3S. The molecule has 0 aliphatic heterocycles. The number of hydrogen-bond acceptors (Lipinski definition) is 3. The van der Waals surface area contributed by atoms with Gasteiger partial charge in [-0.15, -0.1) is 11.3 Å². The van der Waals surface area contributed by atoms with Crippen LogP contribution in [0, 0.1) is 0 Å². The number of carbonyl (C=O) groups is 2. The molecule has 8 heteroatoms. The van der Waals surface area contributed by atoms with Crippen LogP contribution in [0.15, 0.2) is 29.6 Å². The largest absolute Gasteiger partial charge is 0.478 e. The number of aromatic carboxylic acids is 1. The van der Waals surface area contributed by atoms with Crippen molar-refractivity contribution >= 4 is 57.2 Å². The molecule has 2 rings (SSSR count). The molecule has 20 heavy (non-hydrogen) atoms. The van der Waals surface area contributed by atoms with E-state index in [1.807, 2.05) is 0 Å². The molecule has 0 radical (unpaired) electrons. The van der Waals surface area contributed by atoms with E-state index in [4.69, 9.17) is 28.3 Å². The maximum absolute atomic E-state index is 11.8. The van der Waals surface area contributed by atoms with Gasteiger partial charge in [0.15, 0.2) is 0 Å². The minimum absolute atomic E-state index is 0.0299. The molecule has 2 amide bonds. The molecule has 0 saturated heterocycles. The molecule has 3 N–H and O–H groups in total. The zero-order valence-electron chi connectivity index (χ0n) is 9.81. The fourth-order valence-electron chi connectivity index (χ4n) is 1.42. The van der Waals surface area contributed by atoms with Crippen LogP contribution < -0.4 is 10.6 Å². The van der Waals surface area contributed by atoms with Gasteiger partial charge in [0.05, 0.1) is 16.3 Å². The molecule has 0 bridgehead atoms. The van der Waals surface area contributed by atoms with Gasteiger partial charge in [0, 0.05) is 5.02 Å². The molecule has 5 nitrogen and oxygen atoms in total. The molecule has 0 unspecified atom stereocenters. The van der Waals surface area contributed by atoms with Crippen molar-refractivity contribution in [1.82, 2.24) is 0 Å². The third kappa shape index (κ3) is 3.41. The van der Waals surface area contributed by atoms with Gasteiger partial charge in [-0.2, -0.15) is 0 Å². The van der Waals surface area contributed by atoms with Gasteiger partial charge in [-0.05, 0) is 29.6 Å². The highest BCUT2D eigenvalue weighted by molar-refractivity contribution is 7.14. The SMILES string of the molecule is O=C(Nc1cc(Cl)ccc1Cl)Nc1sccc1C(=O)O. The summed E-state index contributed by atoms with van der Waals surface area (Å²) in [6.07, 6.45) is 0. The Hall–Kier alpha value is -1.76. The van der Waals surface area contributed by atoms with Gasteiger partial charge in [0.2, 0.25) is 0 Å². The van der Waals surface area contributed by atoms with Crippen molar-refractivity contribution in [2.24, 2.45) is 0 Å². The summed E-state index contributed by atoms with van der Waals surface area (Å²) >= 11 is 12.8. The van der Waals surface area contributed by atoms with Crippen molar-refractivity contribution < 1.29 is 14.7 Å². The van der Waals surface area contributed by atoms with E-state index >= 15 is 0 Å². The Balaban J connectivity index is 2.11. The van der Waals surface area contributed by atoms with E-state index in [0.29, 0.717) is 15.7 Å². The quantitative estimate of drug-likeness (QED) is 0.780. The Labute approximate surface area is 128 Å². The first kappa shape index (κ1) is 14.6. The summed E-state index contributed by atoms with van der Waals surface area (Å²) in [7, 11) is 0. The number of anilines is 2. The van der Waals surface area contributed by atoms with E-state index in [-0.39, 0.29) is 10.6 Å². The van der Waals surface area contributed by atoms with Crippen molar-refractivity contribution in [3.8, 4) is 0 Å². The molecule has 0 atom stereocenters. The first-order chi connectivity index (χ1) is 9.47. The van der Waals surface area contributed by atoms with E-state index in [9.17, 15) is 9.59 Å². The molecule has 1 heterocycles. The smallest absolute Gasteiger partial charge is 0.338 e. The second kappa shape index (κ2) is 6.13. The number of rotatable bonds is 3. The highest BCUT2D eigenvalue weighted by Crippen LogP contribution is 2.27. The zero-order valence-corrected chi connectivity index (χ0v) is 12.1. The Morgan fingerprint density at radius 1 is 1.15 bits per heavy atom. The average molecular weight is 331 g/mol. The number of hydrogen-bond donors (Lipinski definition) is 3. The summed E-state index contributed by atoms with van der Waals surface area (Å²) in [5.74, 6) is -1.11. The van der Waals surface area contributed by atoms with E-state index < -0.39 is 12.0 Å². The normalized spacial score (nSPS) is 10.1. The molecule has 0 saturated carbocycles. The molecule has 1 aromatic carbocycles. The molecule has 0 spiro atoms. The molecule has 2 aromatic rings. The second-order valence-corrected chi connectivity index (χ2v) is 5.43. The van der Waals surface area contributed by atoms with Gasteiger partial charge >= 0.3 is 12.0 Å². The predicted octanol–water partition coefficient (Wildman–Crippen LogP) is 4.40. The topological polar surface area (TPSA) is 78.4 Å². The number of amides is 2. The van der Waals surface area contributed by atoms with Crippen LogP contribution in [0.2, 0.25) is 10.0 Å². The van der Waals surface area contributed by atoms with Gasteiger partial charge in [0.25, 0.3) is 0 Å². The molecule has 1 aromatic heterocycles. The maximum atomic E-state index is 11.8. The number of carboxylic acids is 1. The van der Waals surface area contributed by atoms with Crippen molar-refractivity contribution in [3.63, 3.8) is 0 Å². The van der Waals surface area contributed by atoms with Gasteiger partial charge in [-0.25, -0.2) is 9.59 Å². The summed E-state index contributed by atoms with van der Waals surface area (Å²) in [4.78, 5) is 22.7. The lowest BCUT2D eigenvalue weighted by atomic mass is 10.3. The number of nitrogens with one attached hydrogen (secondary N) is 2. The van der Waals surface area contributed by atoms with Crippen molar-refractivity contribution in [3.05, 3.63) is 45.3 Å². The molecular weight excluding hydrogens is 323 g/mol. The summed E-state index contributed by atoms with van der Waals surface area (Å²) in [6, 6.07) is 5.45. The van der Waals surface area contributed by atoms with E-state index in [1.54, 1.807) is 17.5 Å². The number of thiophene rings is 1. The van der Waals surface area contributed by atoms with Crippen LogP contribution in [0.4, 0.5) is 15.5 Å². The fourth-order valence-corrected chi connectivity index (χ4v) is 2.54. The maximum Gasteiger partial charge on any atom is 0.338 e. The lowest BCUT2D eigenvalue weighted by Crippen LogP contribution is -2.20. The number of carboxylic acid groups (broad SMARTS) is 1. The summed E-state index contributed by atoms with van der Waals surface area (Å²) in [5.41, 5.74) is 0.368. The average Bonchev–Trinajstić information content (AvgIpc) is 2.82. The molecule has 0 fully saturated rings. The van der Waals surface area contributed by atoms with Gasteiger partial charge in [0.1, 0.15) is 5.00 Å². The standard InChI is InChI=1S/C12H8Cl2N2O3S/c13-6-1-2-8(14)9(5-6)15-12(19)16-10-7(11(17)18)3-4-20-10/h1-5H,(H,17,18)(H2,15,16,19). The van der Waals surface area contributed by atoms with Crippen molar-refractivity contribution in [2.75, 3.05) is 10.6 Å². The number of urea groups is 1. The van der Waals surface area contributed by atoms with Crippen molar-refractivity contribution in [2.45, 2.75) is 0 Å².